The fraction of sp³-hybridized carbons (Fsp3) is 0.625. The minimum atomic E-state index is 0.227. The van der Waals surface area contributed by atoms with Crippen LogP contribution in [0.2, 0.25) is 0 Å². The summed E-state index contributed by atoms with van der Waals surface area (Å²) in [5, 5.41) is 0. The lowest BCUT2D eigenvalue weighted by atomic mass is 9.92. The largest absolute Gasteiger partial charge is 0.381 e. The van der Waals surface area contributed by atoms with Crippen LogP contribution in [0.3, 0.4) is 0 Å². The van der Waals surface area contributed by atoms with Crippen LogP contribution in [-0.2, 0) is 17.7 Å². The SMILES string of the molecule is CC(C)(C)Cc1nc2cccnc2n1CC1CCOC1. The van der Waals surface area contributed by atoms with Crippen LogP contribution in [0.4, 0.5) is 0 Å². The normalized spacial score (nSPS) is 19.9. The van der Waals surface area contributed by atoms with Crippen molar-refractivity contribution >= 4 is 11.2 Å². The Morgan fingerprint density at radius 2 is 2.25 bits per heavy atom. The lowest BCUT2D eigenvalue weighted by Gasteiger charge is -2.19. The molecular formula is C16H23N3O. The second-order valence-electron chi connectivity index (χ2n) is 6.95. The molecule has 4 nitrogen and oxygen atoms in total. The highest BCUT2D eigenvalue weighted by molar-refractivity contribution is 5.71. The molecule has 0 spiro atoms. The average Bonchev–Trinajstić information content (AvgIpc) is 2.97. The second-order valence-corrected chi connectivity index (χ2v) is 6.95. The zero-order valence-corrected chi connectivity index (χ0v) is 12.6. The molecule has 1 aliphatic heterocycles. The molecule has 0 amide bonds. The van der Waals surface area contributed by atoms with E-state index < -0.39 is 0 Å². The number of fused-ring (bicyclic) bond motifs is 1. The minimum absolute atomic E-state index is 0.227. The Balaban J connectivity index is 1.98. The van der Waals surface area contributed by atoms with E-state index in [0.717, 1.165) is 49.6 Å². The van der Waals surface area contributed by atoms with Gasteiger partial charge in [-0.05, 0) is 24.0 Å². The van der Waals surface area contributed by atoms with Crippen molar-refractivity contribution < 1.29 is 4.74 Å². The van der Waals surface area contributed by atoms with Crippen molar-refractivity contribution in [3.05, 3.63) is 24.2 Å². The molecule has 2 aromatic heterocycles. The van der Waals surface area contributed by atoms with Crippen LogP contribution >= 0.6 is 0 Å². The first-order valence-electron chi connectivity index (χ1n) is 7.41. The van der Waals surface area contributed by atoms with Crippen LogP contribution in [-0.4, -0.2) is 27.7 Å². The smallest absolute Gasteiger partial charge is 0.159 e. The molecule has 20 heavy (non-hydrogen) atoms. The molecule has 1 aliphatic rings. The van der Waals surface area contributed by atoms with Crippen molar-refractivity contribution in [1.29, 1.82) is 0 Å². The number of ether oxygens (including phenoxy) is 1. The van der Waals surface area contributed by atoms with Gasteiger partial charge in [-0.3, -0.25) is 0 Å². The van der Waals surface area contributed by atoms with E-state index in [-0.39, 0.29) is 5.41 Å². The summed E-state index contributed by atoms with van der Waals surface area (Å²) >= 11 is 0. The van der Waals surface area contributed by atoms with Gasteiger partial charge in [0.05, 0.1) is 6.61 Å². The molecule has 0 saturated carbocycles. The topological polar surface area (TPSA) is 39.9 Å². The van der Waals surface area contributed by atoms with Crippen molar-refractivity contribution in [3.63, 3.8) is 0 Å². The summed E-state index contributed by atoms with van der Waals surface area (Å²) in [7, 11) is 0. The van der Waals surface area contributed by atoms with Gasteiger partial charge in [0.25, 0.3) is 0 Å². The van der Waals surface area contributed by atoms with Crippen LogP contribution in [0.5, 0.6) is 0 Å². The average molecular weight is 273 g/mol. The van der Waals surface area contributed by atoms with E-state index in [0.29, 0.717) is 5.92 Å². The monoisotopic (exact) mass is 273 g/mol. The zero-order chi connectivity index (χ0) is 14.2. The van der Waals surface area contributed by atoms with E-state index in [2.05, 4.69) is 36.4 Å². The summed E-state index contributed by atoms with van der Waals surface area (Å²) in [6.45, 7) is 9.48. The number of rotatable bonds is 3. The summed E-state index contributed by atoms with van der Waals surface area (Å²) in [6.07, 6.45) is 3.96. The van der Waals surface area contributed by atoms with Gasteiger partial charge in [0.1, 0.15) is 11.3 Å². The predicted octanol–water partition coefficient (Wildman–Crippen LogP) is 3.06. The van der Waals surface area contributed by atoms with Crippen molar-refractivity contribution in [2.24, 2.45) is 11.3 Å². The highest BCUT2D eigenvalue weighted by atomic mass is 16.5. The summed E-state index contributed by atoms with van der Waals surface area (Å²) in [5.41, 5.74) is 2.25. The molecule has 2 aromatic rings. The minimum Gasteiger partial charge on any atom is -0.381 e. The third kappa shape index (κ3) is 2.85. The van der Waals surface area contributed by atoms with E-state index in [1.54, 1.807) is 0 Å². The number of hydrogen-bond donors (Lipinski definition) is 0. The molecular weight excluding hydrogens is 250 g/mol. The quantitative estimate of drug-likeness (QED) is 0.863. The van der Waals surface area contributed by atoms with Gasteiger partial charge in [0, 0.05) is 31.7 Å². The standard InChI is InChI=1S/C16H23N3O/c1-16(2,3)9-14-18-13-5-4-7-17-15(13)19(14)10-12-6-8-20-11-12/h4-5,7,12H,6,8-11H2,1-3H3. The molecule has 0 aromatic carbocycles. The van der Waals surface area contributed by atoms with Crippen LogP contribution in [0.15, 0.2) is 18.3 Å². The zero-order valence-electron chi connectivity index (χ0n) is 12.6. The summed E-state index contributed by atoms with van der Waals surface area (Å²) in [5.74, 6) is 1.74. The Labute approximate surface area is 120 Å². The first-order chi connectivity index (χ1) is 9.53. The van der Waals surface area contributed by atoms with E-state index in [4.69, 9.17) is 9.72 Å². The summed E-state index contributed by atoms with van der Waals surface area (Å²) in [6, 6.07) is 4.01. The molecule has 1 unspecified atom stereocenters. The number of aromatic nitrogens is 3. The molecule has 3 rings (SSSR count). The Morgan fingerprint density at radius 3 is 2.95 bits per heavy atom. The first-order valence-corrected chi connectivity index (χ1v) is 7.41. The lowest BCUT2D eigenvalue weighted by Crippen LogP contribution is -2.18. The van der Waals surface area contributed by atoms with E-state index in [1.807, 2.05) is 12.3 Å². The van der Waals surface area contributed by atoms with Gasteiger partial charge in [-0.15, -0.1) is 0 Å². The highest BCUT2D eigenvalue weighted by Gasteiger charge is 2.22. The number of imidazole rings is 1. The predicted molar refractivity (Wildman–Crippen MR) is 79.6 cm³/mol. The Hall–Kier alpha value is -1.42. The summed E-state index contributed by atoms with van der Waals surface area (Å²) in [4.78, 5) is 9.33. The van der Waals surface area contributed by atoms with Gasteiger partial charge < -0.3 is 9.30 Å². The van der Waals surface area contributed by atoms with Gasteiger partial charge in [-0.2, -0.15) is 0 Å². The van der Waals surface area contributed by atoms with Crippen molar-refractivity contribution in [1.82, 2.24) is 14.5 Å². The van der Waals surface area contributed by atoms with Gasteiger partial charge in [0.15, 0.2) is 5.65 Å². The van der Waals surface area contributed by atoms with Gasteiger partial charge in [0.2, 0.25) is 0 Å². The molecule has 4 heteroatoms. The van der Waals surface area contributed by atoms with E-state index in [9.17, 15) is 0 Å². The Morgan fingerprint density at radius 1 is 1.40 bits per heavy atom. The van der Waals surface area contributed by atoms with Gasteiger partial charge >= 0.3 is 0 Å². The van der Waals surface area contributed by atoms with Crippen molar-refractivity contribution in [3.8, 4) is 0 Å². The maximum Gasteiger partial charge on any atom is 0.159 e. The molecule has 0 aliphatic carbocycles. The van der Waals surface area contributed by atoms with Crippen molar-refractivity contribution in [2.75, 3.05) is 13.2 Å². The van der Waals surface area contributed by atoms with Crippen molar-refractivity contribution in [2.45, 2.75) is 40.2 Å². The first kappa shape index (κ1) is 13.6. The van der Waals surface area contributed by atoms with E-state index in [1.165, 1.54) is 0 Å². The lowest BCUT2D eigenvalue weighted by molar-refractivity contribution is 0.182. The third-order valence-corrected chi connectivity index (χ3v) is 3.74. The second kappa shape index (κ2) is 5.17. The molecule has 108 valence electrons. The van der Waals surface area contributed by atoms with Crippen LogP contribution < -0.4 is 0 Å². The molecule has 1 fully saturated rings. The maximum atomic E-state index is 5.50. The molecule has 1 atom stereocenters. The Bertz CT molecular complexity index is 591. The van der Waals surface area contributed by atoms with Crippen LogP contribution in [0, 0.1) is 11.3 Å². The number of hydrogen-bond acceptors (Lipinski definition) is 3. The van der Waals surface area contributed by atoms with Crippen LogP contribution in [0.1, 0.15) is 33.0 Å². The van der Waals surface area contributed by atoms with E-state index >= 15 is 0 Å². The maximum absolute atomic E-state index is 5.50. The van der Waals surface area contributed by atoms with Crippen LogP contribution in [0.25, 0.3) is 11.2 Å². The van der Waals surface area contributed by atoms with Gasteiger partial charge in [-0.25, -0.2) is 9.97 Å². The molecule has 0 radical (unpaired) electrons. The van der Waals surface area contributed by atoms with Gasteiger partial charge in [-0.1, -0.05) is 20.8 Å². The molecule has 1 saturated heterocycles. The summed E-state index contributed by atoms with van der Waals surface area (Å²) < 4.78 is 7.81. The number of nitrogens with zero attached hydrogens (tertiary/aromatic N) is 3. The third-order valence-electron chi connectivity index (χ3n) is 3.74. The highest BCUT2D eigenvalue weighted by Crippen LogP contribution is 2.25. The fourth-order valence-corrected chi connectivity index (χ4v) is 2.79. The molecule has 0 N–H and O–H groups in total. The number of pyridine rings is 1. The molecule has 0 bridgehead atoms. The molecule has 3 heterocycles. The fourth-order valence-electron chi connectivity index (χ4n) is 2.79. The Kier molecular flexibility index (Phi) is 3.50.